The Hall–Kier alpha value is -3.59. The highest BCUT2D eigenvalue weighted by atomic mass is 16.4. The van der Waals surface area contributed by atoms with Crippen LogP contribution < -0.4 is 0 Å². The number of carboxylic acid groups (broad SMARTS) is 1. The van der Waals surface area contributed by atoms with Crippen molar-refractivity contribution in [2.24, 2.45) is 0 Å². The van der Waals surface area contributed by atoms with Crippen LogP contribution in [0.4, 0.5) is 0 Å². The highest BCUT2D eigenvalue weighted by molar-refractivity contribution is 5.98. The van der Waals surface area contributed by atoms with Gasteiger partial charge in [-0.1, -0.05) is 78.9 Å². The van der Waals surface area contributed by atoms with Gasteiger partial charge >= 0.3 is 5.97 Å². The standard InChI is InChI=1S/C23H17NO2/c25-23(26)20-16-21(17-10-4-1-5-11-17)24(19-14-8-3-9-15-19)22(20)18-12-6-2-7-13-18/h1-16H,(H,25,26). The Kier molecular flexibility index (Phi) is 4.12. The molecule has 0 aliphatic carbocycles. The molecule has 0 atom stereocenters. The predicted octanol–water partition coefficient (Wildman–Crippen LogP) is 5.51. The summed E-state index contributed by atoms with van der Waals surface area (Å²) < 4.78 is 2.02. The summed E-state index contributed by atoms with van der Waals surface area (Å²) in [5, 5.41) is 9.85. The Bertz CT molecular complexity index is 1040. The molecular weight excluding hydrogens is 322 g/mol. The maximum atomic E-state index is 12.0. The molecule has 0 amide bonds. The molecule has 126 valence electrons. The fourth-order valence-corrected chi connectivity index (χ4v) is 3.22. The summed E-state index contributed by atoms with van der Waals surface area (Å²) in [5.74, 6) is -0.935. The van der Waals surface area contributed by atoms with Gasteiger partial charge in [0.1, 0.15) is 0 Å². The Labute approximate surface area is 151 Å². The van der Waals surface area contributed by atoms with E-state index in [1.165, 1.54) is 0 Å². The first-order valence-electron chi connectivity index (χ1n) is 8.41. The van der Waals surface area contributed by atoms with Crippen LogP contribution in [0.3, 0.4) is 0 Å². The van der Waals surface area contributed by atoms with E-state index in [-0.39, 0.29) is 0 Å². The third-order valence-corrected chi connectivity index (χ3v) is 4.36. The van der Waals surface area contributed by atoms with E-state index in [9.17, 15) is 9.90 Å². The van der Waals surface area contributed by atoms with Gasteiger partial charge in [-0.25, -0.2) is 4.79 Å². The lowest BCUT2D eigenvalue weighted by molar-refractivity contribution is 0.0698. The Morgan fingerprint density at radius 3 is 1.73 bits per heavy atom. The molecule has 1 N–H and O–H groups in total. The number of carbonyl (C=O) groups is 1. The number of aromatic carboxylic acids is 1. The van der Waals surface area contributed by atoms with Gasteiger partial charge in [0.15, 0.2) is 0 Å². The van der Waals surface area contributed by atoms with Crippen molar-refractivity contribution in [3.05, 3.63) is 103 Å². The van der Waals surface area contributed by atoms with Crippen molar-refractivity contribution in [3.63, 3.8) is 0 Å². The molecule has 3 nitrogen and oxygen atoms in total. The maximum absolute atomic E-state index is 12.0. The summed E-state index contributed by atoms with van der Waals surface area (Å²) in [6, 6.07) is 31.1. The van der Waals surface area contributed by atoms with Crippen LogP contribution >= 0.6 is 0 Å². The minimum atomic E-state index is -0.935. The Morgan fingerprint density at radius 1 is 0.692 bits per heavy atom. The molecule has 0 bridgehead atoms. The molecule has 0 saturated heterocycles. The van der Waals surface area contributed by atoms with E-state index in [1.807, 2.05) is 95.6 Å². The van der Waals surface area contributed by atoms with E-state index in [4.69, 9.17) is 0 Å². The zero-order valence-electron chi connectivity index (χ0n) is 14.0. The summed E-state index contributed by atoms with van der Waals surface area (Å²) in [4.78, 5) is 12.0. The SMILES string of the molecule is O=C(O)c1cc(-c2ccccc2)n(-c2ccccc2)c1-c1ccccc1. The van der Waals surface area contributed by atoms with Crippen LogP contribution in [0.15, 0.2) is 97.1 Å². The third kappa shape index (κ3) is 2.80. The number of rotatable bonds is 4. The second-order valence-electron chi connectivity index (χ2n) is 6.00. The van der Waals surface area contributed by atoms with Crippen molar-refractivity contribution in [2.45, 2.75) is 0 Å². The summed E-state index contributed by atoms with van der Waals surface area (Å²) in [7, 11) is 0. The predicted molar refractivity (Wildman–Crippen MR) is 104 cm³/mol. The molecule has 3 heteroatoms. The highest BCUT2D eigenvalue weighted by Gasteiger charge is 2.22. The second kappa shape index (κ2) is 6.73. The van der Waals surface area contributed by atoms with Crippen molar-refractivity contribution in [2.75, 3.05) is 0 Å². The average molecular weight is 339 g/mol. The summed E-state index contributed by atoms with van der Waals surface area (Å²) in [6.07, 6.45) is 0. The molecular formula is C23H17NO2. The number of hydrogen-bond donors (Lipinski definition) is 1. The van der Waals surface area contributed by atoms with Crippen molar-refractivity contribution in [3.8, 4) is 28.2 Å². The number of para-hydroxylation sites is 1. The minimum Gasteiger partial charge on any atom is -0.478 e. The van der Waals surface area contributed by atoms with E-state index in [1.54, 1.807) is 6.07 Å². The van der Waals surface area contributed by atoms with Gasteiger partial charge in [-0.3, -0.25) is 0 Å². The normalized spacial score (nSPS) is 10.6. The van der Waals surface area contributed by atoms with Gasteiger partial charge in [0.2, 0.25) is 0 Å². The third-order valence-electron chi connectivity index (χ3n) is 4.36. The lowest BCUT2D eigenvalue weighted by atomic mass is 10.1. The van der Waals surface area contributed by atoms with Crippen LogP contribution in [-0.4, -0.2) is 15.6 Å². The summed E-state index contributed by atoms with van der Waals surface area (Å²) in [5.41, 5.74) is 4.60. The van der Waals surface area contributed by atoms with E-state index in [2.05, 4.69) is 0 Å². The molecule has 0 fully saturated rings. The molecule has 26 heavy (non-hydrogen) atoms. The first-order chi connectivity index (χ1) is 12.8. The Balaban J connectivity index is 2.09. The number of hydrogen-bond acceptors (Lipinski definition) is 1. The summed E-state index contributed by atoms with van der Waals surface area (Å²) in [6.45, 7) is 0. The van der Waals surface area contributed by atoms with Crippen molar-refractivity contribution < 1.29 is 9.90 Å². The molecule has 0 aliphatic heterocycles. The minimum absolute atomic E-state index is 0.291. The second-order valence-corrected chi connectivity index (χ2v) is 6.00. The average Bonchev–Trinajstić information content (AvgIpc) is 3.11. The Morgan fingerprint density at radius 2 is 1.19 bits per heavy atom. The number of carboxylic acids is 1. The molecule has 1 heterocycles. The van der Waals surface area contributed by atoms with E-state index in [0.717, 1.165) is 22.5 Å². The van der Waals surface area contributed by atoms with Crippen LogP contribution in [-0.2, 0) is 0 Å². The highest BCUT2D eigenvalue weighted by Crippen LogP contribution is 2.35. The fourth-order valence-electron chi connectivity index (χ4n) is 3.22. The molecule has 0 spiro atoms. The number of benzene rings is 3. The van der Waals surface area contributed by atoms with Crippen molar-refractivity contribution in [1.29, 1.82) is 0 Å². The first-order valence-corrected chi connectivity index (χ1v) is 8.41. The zero-order chi connectivity index (χ0) is 17.9. The van der Waals surface area contributed by atoms with E-state index >= 15 is 0 Å². The lowest BCUT2D eigenvalue weighted by Crippen LogP contribution is -2.02. The summed E-state index contributed by atoms with van der Waals surface area (Å²) >= 11 is 0. The van der Waals surface area contributed by atoms with E-state index in [0.29, 0.717) is 11.3 Å². The van der Waals surface area contributed by atoms with Gasteiger partial charge < -0.3 is 9.67 Å². The molecule has 3 aromatic carbocycles. The molecule has 1 aromatic heterocycles. The van der Waals surface area contributed by atoms with Crippen LogP contribution in [0.1, 0.15) is 10.4 Å². The number of aromatic nitrogens is 1. The zero-order valence-corrected chi connectivity index (χ0v) is 14.0. The van der Waals surface area contributed by atoms with Crippen LogP contribution in [0.25, 0.3) is 28.2 Å². The van der Waals surface area contributed by atoms with Gasteiger partial charge in [0, 0.05) is 5.69 Å². The fraction of sp³-hybridized carbons (Fsp3) is 0. The van der Waals surface area contributed by atoms with Gasteiger partial charge in [-0.2, -0.15) is 0 Å². The van der Waals surface area contributed by atoms with Gasteiger partial charge in [-0.15, -0.1) is 0 Å². The molecule has 0 unspecified atom stereocenters. The van der Waals surface area contributed by atoms with Gasteiger partial charge in [0.05, 0.1) is 17.0 Å². The molecule has 0 saturated carbocycles. The molecule has 4 rings (SSSR count). The molecule has 4 aromatic rings. The molecule has 0 radical (unpaired) electrons. The van der Waals surface area contributed by atoms with Gasteiger partial charge in [-0.05, 0) is 29.3 Å². The quantitative estimate of drug-likeness (QED) is 0.533. The van der Waals surface area contributed by atoms with Crippen LogP contribution in [0, 0.1) is 0 Å². The van der Waals surface area contributed by atoms with Crippen LogP contribution in [0.5, 0.6) is 0 Å². The smallest absolute Gasteiger partial charge is 0.337 e. The monoisotopic (exact) mass is 339 g/mol. The van der Waals surface area contributed by atoms with Crippen LogP contribution in [0.2, 0.25) is 0 Å². The maximum Gasteiger partial charge on any atom is 0.337 e. The first kappa shape index (κ1) is 15.9. The number of nitrogens with zero attached hydrogens (tertiary/aromatic N) is 1. The molecule has 0 aliphatic rings. The topological polar surface area (TPSA) is 42.2 Å². The van der Waals surface area contributed by atoms with E-state index < -0.39 is 5.97 Å². The lowest BCUT2D eigenvalue weighted by Gasteiger charge is -2.14. The largest absolute Gasteiger partial charge is 0.478 e. The van der Waals surface area contributed by atoms with Gasteiger partial charge in [0.25, 0.3) is 0 Å². The van der Waals surface area contributed by atoms with Crippen molar-refractivity contribution >= 4 is 5.97 Å². The van der Waals surface area contributed by atoms with Crippen molar-refractivity contribution in [1.82, 2.24) is 4.57 Å².